The van der Waals surface area contributed by atoms with Crippen LogP contribution in [0.5, 0.6) is 0 Å². The number of carbonyl (C=O) groups is 2. The van der Waals surface area contributed by atoms with Crippen LogP contribution in [0, 0.1) is 4.77 Å². The molecule has 0 aliphatic rings. The minimum Gasteiger partial charge on any atom is -0.350 e. The highest BCUT2D eigenvalue weighted by atomic mass is 32.1. The smallest absolute Gasteiger partial charge is 0.262 e. The molecule has 2 amide bonds. The highest BCUT2D eigenvalue weighted by molar-refractivity contribution is 7.71. The van der Waals surface area contributed by atoms with Crippen molar-refractivity contribution >= 4 is 34.9 Å². The zero-order valence-corrected chi connectivity index (χ0v) is 16.7. The molecule has 1 aromatic carbocycles. The summed E-state index contributed by atoms with van der Waals surface area (Å²) < 4.78 is 1.64. The Kier molecular flexibility index (Phi) is 6.00. The number of benzene rings is 1. The van der Waals surface area contributed by atoms with Gasteiger partial charge in [-0.05, 0) is 58.1 Å². The molecule has 0 saturated heterocycles. The fraction of sp³-hybridized carbons (Fsp3) is 0.368. The molecule has 0 saturated carbocycles. The summed E-state index contributed by atoms with van der Waals surface area (Å²) >= 11 is 5.20. The summed E-state index contributed by atoms with van der Waals surface area (Å²) in [5, 5.41) is 5.89. The molecule has 0 aliphatic carbocycles. The quantitative estimate of drug-likeness (QED) is 0.541. The van der Waals surface area contributed by atoms with Gasteiger partial charge in [0, 0.05) is 17.6 Å². The second-order valence-corrected chi connectivity index (χ2v) is 7.72. The summed E-state index contributed by atoms with van der Waals surface area (Å²) in [5.41, 5.74) is 0.145. The van der Waals surface area contributed by atoms with E-state index in [1.807, 2.05) is 20.8 Å². The summed E-state index contributed by atoms with van der Waals surface area (Å²) in [5.74, 6) is -0.689. The van der Waals surface area contributed by atoms with Gasteiger partial charge in [0.15, 0.2) is 4.77 Å². The van der Waals surface area contributed by atoms with Gasteiger partial charge in [-0.2, -0.15) is 0 Å². The van der Waals surface area contributed by atoms with E-state index in [0.717, 1.165) is 0 Å². The molecule has 1 heterocycles. The number of nitrogens with one attached hydrogen (secondary N) is 3. The topological polar surface area (TPSA) is 96.0 Å². The van der Waals surface area contributed by atoms with Crippen LogP contribution in [0.3, 0.4) is 0 Å². The SMILES string of the molecule is C=CCn1c(=S)[nH]c2cc(C(=O)NC(C)C(=O)NC(C)(C)C)ccc2c1=O. The van der Waals surface area contributed by atoms with Gasteiger partial charge in [0.05, 0.1) is 10.9 Å². The van der Waals surface area contributed by atoms with Gasteiger partial charge in [0.25, 0.3) is 11.5 Å². The lowest BCUT2D eigenvalue weighted by atomic mass is 10.1. The Morgan fingerprint density at radius 1 is 1.37 bits per heavy atom. The Balaban J connectivity index is 2.29. The van der Waals surface area contributed by atoms with Crippen LogP contribution >= 0.6 is 12.2 Å². The number of aromatic amines is 1. The highest BCUT2D eigenvalue weighted by Gasteiger charge is 2.21. The molecule has 2 aromatic rings. The molecule has 3 N–H and O–H groups in total. The number of rotatable bonds is 5. The highest BCUT2D eigenvalue weighted by Crippen LogP contribution is 2.11. The molecule has 0 radical (unpaired) electrons. The third-order valence-corrected chi connectivity index (χ3v) is 4.12. The summed E-state index contributed by atoms with van der Waals surface area (Å²) in [4.78, 5) is 40.1. The van der Waals surface area contributed by atoms with Gasteiger partial charge < -0.3 is 15.6 Å². The standard InChI is InChI=1S/C19H24N4O3S/c1-6-9-23-17(26)13-8-7-12(10-14(13)21-18(23)27)16(25)20-11(2)15(24)22-19(3,4)5/h6-8,10-11H,1,9H2,2-5H3,(H,20,25)(H,21,27)(H,22,24). The van der Waals surface area contributed by atoms with Gasteiger partial charge in [-0.3, -0.25) is 19.0 Å². The van der Waals surface area contributed by atoms with E-state index in [-0.39, 0.29) is 21.8 Å². The van der Waals surface area contributed by atoms with Crippen LogP contribution in [0.4, 0.5) is 0 Å². The Bertz CT molecular complexity index is 1010. The van der Waals surface area contributed by atoms with Crippen molar-refractivity contribution in [3.05, 3.63) is 51.5 Å². The number of hydrogen-bond donors (Lipinski definition) is 3. The lowest BCUT2D eigenvalue weighted by Crippen LogP contribution is -2.50. The summed E-state index contributed by atoms with van der Waals surface area (Å²) in [6, 6.07) is 3.96. The minimum absolute atomic E-state index is 0.251. The van der Waals surface area contributed by atoms with Crippen molar-refractivity contribution in [3.63, 3.8) is 0 Å². The number of allylic oxidation sites excluding steroid dienone is 1. The zero-order chi connectivity index (χ0) is 20.4. The molecule has 1 atom stereocenters. The maximum absolute atomic E-state index is 12.5. The van der Waals surface area contributed by atoms with Gasteiger partial charge in [-0.15, -0.1) is 6.58 Å². The predicted molar refractivity (Wildman–Crippen MR) is 108 cm³/mol. The van der Waals surface area contributed by atoms with E-state index in [1.165, 1.54) is 4.57 Å². The maximum atomic E-state index is 12.5. The first-order valence-electron chi connectivity index (χ1n) is 8.54. The van der Waals surface area contributed by atoms with Crippen molar-refractivity contribution in [2.24, 2.45) is 0 Å². The van der Waals surface area contributed by atoms with Crippen LogP contribution in [0.15, 0.2) is 35.6 Å². The molecule has 0 bridgehead atoms. The van der Waals surface area contributed by atoms with Crippen molar-refractivity contribution < 1.29 is 9.59 Å². The van der Waals surface area contributed by atoms with Crippen LogP contribution in [0.2, 0.25) is 0 Å². The van der Waals surface area contributed by atoms with Gasteiger partial charge in [0.2, 0.25) is 5.91 Å². The number of amides is 2. The number of H-pyrrole nitrogens is 1. The van der Waals surface area contributed by atoms with Crippen molar-refractivity contribution in [2.45, 2.75) is 45.8 Å². The summed E-state index contributed by atoms with van der Waals surface area (Å²) in [6.07, 6.45) is 1.59. The van der Waals surface area contributed by atoms with Gasteiger partial charge in [-0.25, -0.2) is 0 Å². The molecular formula is C19H24N4O3S. The van der Waals surface area contributed by atoms with Crippen molar-refractivity contribution in [1.82, 2.24) is 20.2 Å². The molecule has 8 heteroatoms. The average molecular weight is 388 g/mol. The fourth-order valence-electron chi connectivity index (χ4n) is 2.51. The van der Waals surface area contributed by atoms with Crippen molar-refractivity contribution in [2.75, 3.05) is 0 Å². The van der Waals surface area contributed by atoms with E-state index in [0.29, 0.717) is 23.0 Å². The van der Waals surface area contributed by atoms with Crippen LogP contribution in [0.25, 0.3) is 10.9 Å². The number of hydrogen-bond acceptors (Lipinski definition) is 4. The maximum Gasteiger partial charge on any atom is 0.262 e. The third-order valence-electron chi connectivity index (χ3n) is 3.79. The number of carbonyl (C=O) groups excluding carboxylic acids is 2. The minimum atomic E-state index is -0.702. The Labute approximate surface area is 162 Å². The Morgan fingerprint density at radius 3 is 2.63 bits per heavy atom. The molecular weight excluding hydrogens is 364 g/mol. The van der Waals surface area contributed by atoms with Crippen LogP contribution in [0.1, 0.15) is 38.1 Å². The largest absolute Gasteiger partial charge is 0.350 e. The van der Waals surface area contributed by atoms with Crippen LogP contribution in [-0.2, 0) is 11.3 Å². The third kappa shape index (κ3) is 4.91. The first-order valence-corrected chi connectivity index (χ1v) is 8.95. The first-order chi connectivity index (χ1) is 12.5. The summed E-state index contributed by atoms with van der Waals surface area (Å²) in [7, 11) is 0. The molecule has 1 aromatic heterocycles. The lowest BCUT2D eigenvalue weighted by molar-refractivity contribution is -0.124. The molecule has 0 spiro atoms. The average Bonchev–Trinajstić information content (AvgIpc) is 2.56. The molecule has 7 nitrogen and oxygen atoms in total. The Morgan fingerprint density at radius 2 is 2.04 bits per heavy atom. The zero-order valence-electron chi connectivity index (χ0n) is 15.9. The summed E-state index contributed by atoms with van der Waals surface area (Å²) in [6.45, 7) is 11.1. The molecule has 1 unspecified atom stereocenters. The first kappa shape index (κ1) is 20.6. The second kappa shape index (κ2) is 7.87. The second-order valence-electron chi connectivity index (χ2n) is 7.33. The monoisotopic (exact) mass is 388 g/mol. The molecule has 144 valence electrons. The number of nitrogens with zero attached hydrogens (tertiary/aromatic N) is 1. The van der Waals surface area contributed by atoms with E-state index in [1.54, 1.807) is 31.2 Å². The van der Waals surface area contributed by atoms with Crippen LogP contribution < -0.4 is 16.2 Å². The van der Waals surface area contributed by atoms with Gasteiger partial charge in [0.1, 0.15) is 6.04 Å². The van der Waals surface area contributed by atoms with E-state index < -0.39 is 11.9 Å². The molecule has 27 heavy (non-hydrogen) atoms. The van der Waals surface area contributed by atoms with Crippen molar-refractivity contribution in [1.29, 1.82) is 0 Å². The van der Waals surface area contributed by atoms with Gasteiger partial charge >= 0.3 is 0 Å². The number of fused-ring (bicyclic) bond motifs is 1. The normalized spacial score (nSPS) is 12.4. The van der Waals surface area contributed by atoms with Gasteiger partial charge in [-0.1, -0.05) is 6.08 Å². The van der Waals surface area contributed by atoms with E-state index in [2.05, 4.69) is 22.2 Å². The Hall–Kier alpha value is -2.74. The van der Waals surface area contributed by atoms with E-state index in [4.69, 9.17) is 12.2 Å². The van der Waals surface area contributed by atoms with E-state index >= 15 is 0 Å². The van der Waals surface area contributed by atoms with Crippen molar-refractivity contribution in [3.8, 4) is 0 Å². The molecule has 0 aliphatic heterocycles. The fourth-order valence-corrected chi connectivity index (χ4v) is 2.78. The number of aromatic nitrogens is 2. The predicted octanol–water partition coefficient (Wildman–Crippen LogP) is 2.28. The van der Waals surface area contributed by atoms with Crippen LogP contribution in [-0.4, -0.2) is 32.9 Å². The molecule has 2 rings (SSSR count). The lowest BCUT2D eigenvalue weighted by Gasteiger charge is -2.23. The molecule has 0 fully saturated rings. The van der Waals surface area contributed by atoms with E-state index in [9.17, 15) is 14.4 Å².